The second-order valence-electron chi connectivity index (χ2n) is 3.94. The summed E-state index contributed by atoms with van der Waals surface area (Å²) in [5, 5.41) is 3.45. The predicted octanol–water partition coefficient (Wildman–Crippen LogP) is 2.58. The highest BCUT2D eigenvalue weighted by Gasteiger charge is 2.01. The number of nitrogens with two attached hydrogens (primary N) is 1. The van der Waals surface area contributed by atoms with Gasteiger partial charge in [-0.05, 0) is 44.0 Å². The van der Waals surface area contributed by atoms with Crippen molar-refractivity contribution in [2.24, 2.45) is 5.73 Å². The summed E-state index contributed by atoms with van der Waals surface area (Å²) in [5.74, 6) is 0. The van der Waals surface area contributed by atoms with E-state index in [1.807, 2.05) is 0 Å². The minimum Gasteiger partial charge on any atom is -0.330 e. The van der Waals surface area contributed by atoms with E-state index in [-0.39, 0.29) is 0 Å². The molecule has 0 radical (unpaired) electrons. The third kappa shape index (κ3) is 4.33. The normalized spacial score (nSPS) is 12.8. The van der Waals surface area contributed by atoms with Gasteiger partial charge in [0, 0.05) is 17.1 Å². The van der Waals surface area contributed by atoms with Gasteiger partial charge in [0.1, 0.15) is 0 Å². The molecule has 0 aromatic heterocycles. The lowest BCUT2D eigenvalue weighted by Crippen LogP contribution is -2.27. The van der Waals surface area contributed by atoms with E-state index in [1.165, 1.54) is 15.6 Å². The van der Waals surface area contributed by atoms with Crippen molar-refractivity contribution in [2.75, 3.05) is 6.54 Å². The van der Waals surface area contributed by atoms with E-state index in [2.05, 4.69) is 53.3 Å². The van der Waals surface area contributed by atoms with Crippen LogP contribution in [0.5, 0.6) is 0 Å². The van der Waals surface area contributed by atoms with E-state index in [9.17, 15) is 0 Å². The van der Waals surface area contributed by atoms with E-state index >= 15 is 0 Å². The first-order chi connectivity index (χ1) is 7.13. The maximum atomic E-state index is 5.50. The number of aryl methyl sites for hydroxylation is 1. The molecular weight excluding hydrogens is 252 g/mol. The van der Waals surface area contributed by atoms with Crippen molar-refractivity contribution in [3.8, 4) is 0 Å². The first kappa shape index (κ1) is 12.7. The molecule has 0 spiro atoms. The zero-order valence-electron chi connectivity index (χ0n) is 9.39. The van der Waals surface area contributed by atoms with Crippen LogP contribution in [0.15, 0.2) is 22.7 Å². The number of benzene rings is 1. The highest BCUT2D eigenvalue weighted by molar-refractivity contribution is 9.10. The van der Waals surface area contributed by atoms with E-state index in [0.717, 1.165) is 19.5 Å². The number of rotatable bonds is 5. The van der Waals surface area contributed by atoms with Crippen LogP contribution in [0.2, 0.25) is 0 Å². The summed E-state index contributed by atoms with van der Waals surface area (Å²) in [4.78, 5) is 0. The van der Waals surface area contributed by atoms with Gasteiger partial charge in [-0.15, -0.1) is 0 Å². The molecule has 0 aliphatic rings. The molecule has 84 valence electrons. The number of hydrogen-bond acceptors (Lipinski definition) is 2. The molecule has 1 aromatic carbocycles. The largest absolute Gasteiger partial charge is 0.330 e. The first-order valence-corrected chi connectivity index (χ1v) is 6.11. The van der Waals surface area contributed by atoms with Gasteiger partial charge in [0.2, 0.25) is 0 Å². The van der Waals surface area contributed by atoms with Crippen LogP contribution in [0, 0.1) is 6.92 Å². The lowest BCUT2D eigenvalue weighted by molar-refractivity contribution is 0.520. The van der Waals surface area contributed by atoms with Crippen LogP contribution in [0.4, 0.5) is 0 Å². The Balaban J connectivity index is 2.47. The number of halogens is 1. The highest BCUT2D eigenvalue weighted by Crippen LogP contribution is 2.16. The van der Waals surface area contributed by atoms with E-state index in [0.29, 0.717) is 6.04 Å². The van der Waals surface area contributed by atoms with Gasteiger partial charge in [-0.2, -0.15) is 0 Å². The number of nitrogens with one attached hydrogen (secondary N) is 1. The standard InChI is InChI=1S/C12H19BrN2/c1-9-7-11(3-4-12(9)13)8-15-10(2)5-6-14/h3-4,7,10,15H,5-6,8,14H2,1-2H3. The summed E-state index contributed by atoms with van der Waals surface area (Å²) >= 11 is 3.50. The molecule has 1 aromatic rings. The van der Waals surface area contributed by atoms with E-state index in [4.69, 9.17) is 5.73 Å². The summed E-state index contributed by atoms with van der Waals surface area (Å²) in [6.07, 6.45) is 1.02. The van der Waals surface area contributed by atoms with Gasteiger partial charge >= 0.3 is 0 Å². The summed E-state index contributed by atoms with van der Waals surface area (Å²) in [6, 6.07) is 6.92. The maximum absolute atomic E-state index is 5.50. The van der Waals surface area contributed by atoms with Crippen molar-refractivity contribution in [2.45, 2.75) is 32.9 Å². The summed E-state index contributed by atoms with van der Waals surface area (Å²) in [6.45, 7) is 5.93. The van der Waals surface area contributed by atoms with Crippen LogP contribution in [-0.4, -0.2) is 12.6 Å². The second-order valence-corrected chi connectivity index (χ2v) is 4.80. The molecule has 3 heteroatoms. The third-order valence-corrected chi connectivity index (χ3v) is 3.37. The Kier molecular flexibility index (Phi) is 5.29. The van der Waals surface area contributed by atoms with Crippen molar-refractivity contribution >= 4 is 15.9 Å². The Bertz CT molecular complexity index is 312. The lowest BCUT2D eigenvalue weighted by Gasteiger charge is -2.13. The zero-order valence-corrected chi connectivity index (χ0v) is 11.0. The SMILES string of the molecule is Cc1cc(CNC(C)CCN)ccc1Br. The fourth-order valence-electron chi connectivity index (χ4n) is 1.46. The molecule has 0 aliphatic heterocycles. The molecule has 0 bridgehead atoms. The van der Waals surface area contributed by atoms with Gasteiger partial charge in [0.05, 0.1) is 0 Å². The monoisotopic (exact) mass is 270 g/mol. The van der Waals surface area contributed by atoms with E-state index in [1.54, 1.807) is 0 Å². The van der Waals surface area contributed by atoms with Gasteiger partial charge in [-0.25, -0.2) is 0 Å². The van der Waals surface area contributed by atoms with Gasteiger partial charge in [-0.1, -0.05) is 28.1 Å². The van der Waals surface area contributed by atoms with Gasteiger partial charge in [-0.3, -0.25) is 0 Å². The Hall–Kier alpha value is -0.380. The van der Waals surface area contributed by atoms with Crippen molar-refractivity contribution in [1.82, 2.24) is 5.32 Å². The first-order valence-electron chi connectivity index (χ1n) is 5.32. The molecule has 0 fully saturated rings. The zero-order chi connectivity index (χ0) is 11.3. The lowest BCUT2D eigenvalue weighted by atomic mass is 10.1. The minimum atomic E-state index is 0.485. The molecule has 0 heterocycles. The fourth-order valence-corrected chi connectivity index (χ4v) is 1.71. The summed E-state index contributed by atoms with van der Waals surface area (Å²) < 4.78 is 1.17. The fraction of sp³-hybridized carbons (Fsp3) is 0.500. The molecule has 3 N–H and O–H groups in total. The van der Waals surface area contributed by atoms with Gasteiger partial charge in [0.15, 0.2) is 0 Å². The van der Waals surface area contributed by atoms with Crippen molar-refractivity contribution in [3.05, 3.63) is 33.8 Å². The van der Waals surface area contributed by atoms with Crippen LogP contribution in [-0.2, 0) is 6.54 Å². The third-order valence-electron chi connectivity index (χ3n) is 2.48. The van der Waals surface area contributed by atoms with E-state index < -0.39 is 0 Å². The van der Waals surface area contributed by atoms with Gasteiger partial charge < -0.3 is 11.1 Å². The van der Waals surface area contributed by atoms with Gasteiger partial charge in [0.25, 0.3) is 0 Å². The average Bonchev–Trinajstić information content (AvgIpc) is 2.20. The average molecular weight is 271 g/mol. The molecule has 1 unspecified atom stereocenters. The maximum Gasteiger partial charge on any atom is 0.0208 e. The Labute approximate surface area is 100 Å². The highest BCUT2D eigenvalue weighted by atomic mass is 79.9. The Morgan fingerprint density at radius 2 is 2.20 bits per heavy atom. The van der Waals surface area contributed by atoms with Crippen molar-refractivity contribution in [1.29, 1.82) is 0 Å². The molecule has 1 atom stereocenters. The molecule has 2 nitrogen and oxygen atoms in total. The second kappa shape index (κ2) is 6.26. The molecule has 1 rings (SSSR count). The topological polar surface area (TPSA) is 38.0 Å². The quantitative estimate of drug-likeness (QED) is 0.863. The molecule has 0 saturated heterocycles. The number of hydrogen-bond donors (Lipinski definition) is 2. The molecule has 0 saturated carbocycles. The summed E-state index contributed by atoms with van der Waals surface area (Å²) in [7, 11) is 0. The molecular formula is C12H19BrN2. The Morgan fingerprint density at radius 1 is 1.47 bits per heavy atom. The van der Waals surface area contributed by atoms with Crippen LogP contribution in [0.1, 0.15) is 24.5 Å². The predicted molar refractivity (Wildman–Crippen MR) is 68.9 cm³/mol. The smallest absolute Gasteiger partial charge is 0.0208 e. The van der Waals surface area contributed by atoms with Crippen LogP contribution in [0.25, 0.3) is 0 Å². The van der Waals surface area contributed by atoms with Crippen LogP contribution in [0.3, 0.4) is 0 Å². The molecule has 15 heavy (non-hydrogen) atoms. The Morgan fingerprint density at radius 3 is 2.80 bits per heavy atom. The van der Waals surface area contributed by atoms with Crippen LogP contribution < -0.4 is 11.1 Å². The van der Waals surface area contributed by atoms with Crippen molar-refractivity contribution < 1.29 is 0 Å². The molecule has 0 aliphatic carbocycles. The van der Waals surface area contributed by atoms with Crippen LogP contribution >= 0.6 is 15.9 Å². The van der Waals surface area contributed by atoms with Crippen molar-refractivity contribution in [3.63, 3.8) is 0 Å². The minimum absolute atomic E-state index is 0.485. The molecule has 0 amide bonds. The summed E-state index contributed by atoms with van der Waals surface area (Å²) in [5.41, 5.74) is 8.09.